The van der Waals surface area contributed by atoms with E-state index < -0.39 is 131 Å². The smallest absolute Gasteiger partial charge is 0.326 e. The van der Waals surface area contributed by atoms with Gasteiger partial charge in [-0.3, -0.25) is 47.9 Å². The molecule has 0 unspecified atom stereocenters. The number of hydrogen-bond donors (Lipinski definition) is 15. The van der Waals surface area contributed by atoms with Crippen LogP contribution in [0.1, 0.15) is 135 Å². The first-order valence-corrected chi connectivity index (χ1v) is 32.0. The third-order valence-corrected chi connectivity index (χ3v) is 16.2. The van der Waals surface area contributed by atoms with Crippen molar-refractivity contribution in [2.45, 2.75) is 199 Å². The van der Waals surface area contributed by atoms with E-state index in [9.17, 15) is 57.8 Å². The number of carboxylic acids is 1. The molecule has 4 aromatic rings. The van der Waals surface area contributed by atoms with Crippen LogP contribution < -0.4 is 59.3 Å². The Bertz CT molecular complexity index is 3040. The minimum absolute atomic E-state index is 0.00743. The highest BCUT2D eigenvalue weighted by Gasteiger charge is 2.41. The minimum Gasteiger partial charge on any atom is -0.480 e. The molecule has 11 atom stereocenters. The molecule has 1 aliphatic heterocycles. The van der Waals surface area contributed by atoms with Crippen molar-refractivity contribution in [2.75, 3.05) is 19.6 Å². The Hall–Kier alpha value is -9.06. The van der Waals surface area contributed by atoms with Crippen molar-refractivity contribution in [3.05, 3.63) is 90.5 Å². The molecular formula is C63H96N18O12. The number of likely N-dealkylation sites (tertiary alicyclic amines) is 1. The van der Waals surface area contributed by atoms with Crippen LogP contribution in [0.3, 0.4) is 0 Å². The number of nitrogens with zero attached hydrogens (tertiary/aromatic N) is 4. The summed E-state index contributed by atoms with van der Waals surface area (Å²) in [4.78, 5) is 175. The van der Waals surface area contributed by atoms with Gasteiger partial charge in [-0.2, -0.15) is 0 Å². The maximum Gasteiger partial charge on any atom is 0.326 e. The van der Waals surface area contributed by atoms with Gasteiger partial charge in [0.2, 0.25) is 59.1 Å². The minimum atomic E-state index is -1.40. The quantitative estimate of drug-likeness (QED) is 0.0252. The second-order valence-corrected chi connectivity index (χ2v) is 24.5. The fourth-order valence-corrected chi connectivity index (χ4v) is 10.7. The molecule has 0 bridgehead atoms. The van der Waals surface area contributed by atoms with Crippen molar-refractivity contribution in [2.24, 2.45) is 29.2 Å². The number of nitrogens with two attached hydrogens (primary N) is 2. The molecule has 1 aromatic carbocycles. The van der Waals surface area contributed by atoms with Crippen molar-refractivity contribution in [1.29, 1.82) is 0 Å². The molecule has 3 aromatic heterocycles. The number of H-pyrrole nitrogens is 3. The van der Waals surface area contributed by atoms with Crippen LogP contribution in [0.15, 0.2) is 67.9 Å². The van der Waals surface area contributed by atoms with Crippen LogP contribution in [0.4, 0.5) is 0 Å². The summed E-state index contributed by atoms with van der Waals surface area (Å²) >= 11 is 0. The Morgan fingerprint density at radius 3 is 1.60 bits per heavy atom. The van der Waals surface area contributed by atoms with E-state index in [4.69, 9.17) is 11.5 Å². The van der Waals surface area contributed by atoms with Crippen molar-refractivity contribution >= 4 is 65.0 Å². The molecule has 0 aliphatic carbocycles. The molecule has 0 radical (unpaired) electrons. The number of carbonyl (C=O) groups is 11. The van der Waals surface area contributed by atoms with Gasteiger partial charge in [-0.25, -0.2) is 19.7 Å². The second kappa shape index (κ2) is 38.1. The van der Waals surface area contributed by atoms with Gasteiger partial charge in [-0.15, -0.1) is 0 Å². The van der Waals surface area contributed by atoms with E-state index in [2.05, 4.69) is 77.8 Å². The van der Waals surface area contributed by atoms with Gasteiger partial charge in [0, 0.05) is 81.4 Å². The predicted molar refractivity (Wildman–Crippen MR) is 342 cm³/mol. The lowest BCUT2D eigenvalue weighted by Gasteiger charge is -2.31. The molecule has 0 saturated carbocycles. The molecule has 1 saturated heterocycles. The molecule has 5 rings (SSSR count). The first-order chi connectivity index (χ1) is 44.4. The highest BCUT2D eigenvalue weighted by atomic mass is 16.4. The lowest BCUT2D eigenvalue weighted by atomic mass is 9.95. The molecule has 0 spiro atoms. The van der Waals surface area contributed by atoms with Gasteiger partial charge in [0.15, 0.2) is 0 Å². The summed E-state index contributed by atoms with van der Waals surface area (Å²) in [5.41, 5.74) is 14.0. The van der Waals surface area contributed by atoms with Crippen LogP contribution in [-0.4, -0.2) is 185 Å². The highest BCUT2D eigenvalue weighted by molar-refractivity contribution is 5.99. The summed E-state index contributed by atoms with van der Waals surface area (Å²) in [6.45, 7) is 12.8. The number of imidazole rings is 3. The van der Waals surface area contributed by atoms with Gasteiger partial charge < -0.3 is 84.3 Å². The number of rotatable bonds is 40. The van der Waals surface area contributed by atoms with Crippen LogP contribution in [0.25, 0.3) is 0 Å². The molecule has 510 valence electrons. The summed E-state index contributed by atoms with van der Waals surface area (Å²) in [6, 6.07) is -3.57. The van der Waals surface area contributed by atoms with Gasteiger partial charge in [0.05, 0.1) is 25.0 Å². The Labute approximate surface area is 541 Å². The number of aliphatic carboxylic acids is 1. The topological polar surface area (TPSA) is 458 Å². The number of amides is 10. The Balaban J connectivity index is 1.34. The maximum absolute atomic E-state index is 14.8. The van der Waals surface area contributed by atoms with Crippen LogP contribution in [0.5, 0.6) is 0 Å². The van der Waals surface area contributed by atoms with Crippen molar-refractivity contribution in [3.63, 3.8) is 0 Å². The van der Waals surface area contributed by atoms with Gasteiger partial charge >= 0.3 is 5.97 Å². The van der Waals surface area contributed by atoms with Crippen LogP contribution in [-0.2, 0) is 78.4 Å². The Kier molecular flexibility index (Phi) is 30.6. The largest absolute Gasteiger partial charge is 0.480 e. The number of aromatic amines is 3. The third kappa shape index (κ3) is 24.5. The van der Waals surface area contributed by atoms with E-state index >= 15 is 0 Å². The van der Waals surface area contributed by atoms with E-state index in [1.165, 1.54) is 49.4 Å². The average Bonchev–Trinajstić information content (AvgIpc) is 1.81. The number of carboxylic acid groups (broad SMARTS) is 1. The van der Waals surface area contributed by atoms with Gasteiger partial charge in [-0.1, -0.05) is 78.3 Å². The van der Waals surface area contributed by atoms with E-state index in [0.717, 1.165) is 0 Å². The zero-order valence-electron chi connectivity index (χ0n) is 54.3. The fourth-order valence-electron chi connectivity index (χ4n) is 10.7. The first kappa shape index (κ1) is 74.7. The number of hydrogen-bond acceptors (Lipinski definition) is 16. The zero-order valence-corrected chi connectivity index (χ0v) is 54.3. The molecule has 93 heavy (non-hydrogen) atoms. The Morgan fingerprint density at radius 2 is 1.09 bits per heavy atom. The van der Waals surface area contributed by atoms with Crippen LogP contribution in [0, 0.1) is 17.8 Å². The van der Waals surface area contributed by atoms with Crippen molar-refractivity contribution < 1.29 is 57.8 Å². The molecule has 4 heterocycles. The SMILES string of the molecule is CC[C@H](C)[C@H](NC(=O)[C@@H](NC(=O)[C@H](CC(C)C)NC(=O)[C@H](Cc1cnc[nH]1)NC(=O)[C@H](Cc1ccccc1)NC(=O)[C@@H]1CCCN1C(=O)[C@H](Cc1cnc[nH]1)NC(=O)[C@@H](N)CCCCNC(C)=O)C(C)C)C(=O)N[C@@H](Cc1cnc[nH]1)C(=O)N[C@@H](CCCCN)C(=O)O. The lowest BCUT2D eigenvalue weighted by Crippen LogP contribution is -2.62. The number of aromatic nitrogens is 6. The summed E-state index contributed by atoms with van der Waals surface area (Å²) in [7, 11) is 0. The van der Waals surface area contributed by atoms with Gasteiger partial charge in [0.25, 0.3) is 0 Å². The van der Waals surface area contributed by atoms with Crippen LogP contribution >= 0.6 is 0 Å². The zero-order chi connectivity index (χ0) is 68.1. The standard InChI is InChI=1S/C63H96N18O12/c1-8-38(6)53(61(90)77-49(28-42-31-67-34-71-42)56(85)73-45(63(92)93)20-12-14-22-64)80-60(89)52(37(4)5)79-58(87)46(25-36(2)3)74-57(86)48(27-41-30-66-33-70-41)75-55(84)47(26-40-17-10-9-11-18-40)76-59(88)51-21-16-24-81(51)62(91)50(29-43-32-68-35-72-43)78-54(83)44(65)19-13-15-23-69-39(7)82/h9-11,17-18,30-38,44-53H,8,12-16,19-29,64-65H2,1-7H3,(H,66,70)(H,67,71)(H,68,72)(H,69,82)(H,73,85)(H,74,86)(H,75,84)(H,76,88)(H,77,90)(H,78,83)(H,79,87)(H,80,89)(H,92,93)/t38-,44-,45-,46-,47-,48-,49-,50-,51-,52-,53-/m0/s1. The molecule has 30 nitrogen and oxygen atoms in total. The number of unbranched alkanes of at least 4 members (excludes halogenated alkanes) is 2. The average molecular weight is 1300 g/mol. The van der Waals surface area contributed by atoms with E-state index in [1.54, 1.807) is 58.0 Å². The van der Waals surface area contributed by atoms with Gasteiger partial charge in [-0.05, 0) is 87.6 Å². The molecule has 1 aliphatic rings. The van der Waals surface area contributed by atoms with E-state index in [1.807, 2.05) is 13.8 Å². The lowest BCUT2D eigenvalue weighted by molar-refractivity contribution is -0.142. The number of nitrogens with one attached hydrogen (secondary N) is 12. The number of benzene rings is 1. The monoisotopic (exact) mass is 1300 g/mol. The summed E-state index contributed by atoms with van der Waals surface area (Å²) in [5.74, 6) is -9.22. The Morgan fingerprint density at radius 1 is 0.591 bits per heavy atom. The maximum atomic E-state index is 14.8. The summed E-state index contributed by atoms with van der Waals surface area (Å²) < 4.78 is 0. The molecule has 17 N–H and O–H groups in total. The third-order valence-electron chi connectivity index (χ3n) is 16.2. The van der Waals surface area contributed by atoms with E-state index in [-0.39, 0.29) is 69.7 Å². The van der Waals surface area contributed by atoms with Crippen molar-refractivity contribution in [3.8, 4) is 0 Å². The van der Waals surface area contributed by atoms with Crippen LogP contribution in [0.2, 0.25) is 0 Å². The molecular weight excluding hydrogens is 1200 g/mol. The van der Waals surface area contributed by atoms with Crippen molar-refractivity contribution in [1.82, 2.24) is 82.7 Å². The molecule has 30 heteroatoms. The summed E-state index contributed by atoms with van der Waals surface area (Å²) in [6.07, 6.45) is 11.8. The predicted octanol–water partition coefficient (Wildman–Crippen LogP) is -0.409. The normalized spacial score (nSPS) is 16.2. The fraction of sp³-hybridized carbons (Fsp3) is 0.587. The molecule has 1 fully saturated rings. The first-order valence-electron chi connectivity index (χ1n) is 32.0. The molecule has 10 amide bonds. The second-order valence-electron chi connectivity index (χ2n) is 24.5. The van der Waals surface area contributed by atoms with Gasteiger partial charge in [0.1, 0.15) is 54.4 Å². The number of carbonyl (C=O) groups excluding carboxylic acids is 10. The highest BCUT2D eigenvalue weighted by Crippen LogP contribution is 2.21. The summed E-state index contributed by atoms with van der Waals surface area (Å²) in [5, 5.41) is 34.7. The van der Waals surface area contributed by atoms with E-state index in [0.29, 0.717) is 74.3 Å².